The summed E-state index contributed by atoms with van der Waals surface area (Å²) in [5.74, 6) is -0.320. The predicted molar refractivity (Wildman–Crippen MR) is 130 cm³/mol. The summed E-state index contributed by atoms with van der Waals surface area (Å²) in [5.41, 5.74) is 3.53. The third-order valence-corrected chi connectivity index (χ3v) is 5.76. The zero-order valence-electron chi connectivity index (χ0n) is 15.6. The number of nitrogens with one attached hydrogen (secondary N) is 2. The SMILES string of the molecule is O=C(/C=C/c1ccc(Cl)cc1)NC(=S)Nc1ccccc1-c1nc2ccccc2s1. The maximum absolute atomic E-state index is 12.2. The number of rotatable bonds is 4. The molecule has 0 unspecified atom stereocenters. The molecule has 0 saturated carbocycles. The van der Waals surface area contributed by atoms with Crippen molar-refractivity contribution in [3.63, 3.8) is 0 Å². The van der Waals surface area contributed by atoms with Crippen molar-refractivity contribution >= 4 is 68.2 Å². The van der Waals surface area contributed by atoms with Crippen LogP contribution >= 0.6 is 35.2 Å². The van der Waals surface area contributed by atoms with Crippen LogP contribution in [0.1, 0.15) is 5.56 Å². The van der Waals surface area contributed by atoms with Gasteiger partial charge in [-0.3, -0.25) is 10.1 Å². The molecular weight excluding hydrogens is 434 g/mol. The number of anilines is 1. The Hall–Kier alpha value is -3.06. The molecule has 4 nitrogen and oxygen atoms in total. The third kappa shape index (κ3) is 4.91. The Morgan fingerprint density at radius 1 is 1.00 bits per heavy atom. The standard InChI is InChI=1S/C23H16ClN3OS2/c24-16-12-9-15(10-13-16)11-14-21(28)27-23(29)26-18-6-2-1-5-17(18)22-25-19-7-3-4-8-20(19)30-22/h1-14H,(H2,26,27,28,29)/b14-11+. The minimum Gasteiger partial charge on any atom is -0.332 e. The predicted octanol–water partition coefficient (Wildman–Crippen LogP) is 6.14. The first kappa shape index (κ1) is 20.2. The summed E-state index contributed by atoms with van der Waals surface area (Å²) >= 11 is 12.8. The molecule has 0 aliphatic rings. The van der Waals surface area contributed by atoms with Crippen LogP contribution in [0.2, 0.25) is 5.02 Å². The summed E-state index contributed by atoms with van der Waals surface area (Å²) in [6.07, 6.45) is 3.13. The average molecular weight is 450 g/mol. The van der Waals surface area contributed by atoms with Crippen LogP contribution in [0.5, 0.6) is 0 Å². The van der Waals surface area contributed by atoms with Gasteiger partial charge in [0.05, 0.1) is 15.9 Å². The Kier molecular flexibility index (Phi) is 6.18. The van der Waals surface area contributed by atoms with Crippen LogP contribution in [-0.4, -0.2) is 16.0 Å². The molecule has 4 aromatic rings. The third-order valence-electron chi connectivity index (χ3n) is 4.23. The number of carbonyl (C=O) groups is 1. The lowest BCUT2D eigenvalue weighted by molar-refractivity contribution is -0.115. The van der Waals surface area contributed by atoms with E-state index >= 15 is 0 Å². The second kappa shape index (κ2) is 9.17. The molecule has 0 spiro atoms. The second-order valence-corrected chi connectivity index (χ2v) is 8.24. The largest absolute Gasteiger partial charge is 0.332 e. The van der Waals surface area contributed by atoms with Gasteiger partial charge in [0.25, 0.3) is 0 Å². The summed E-state index contributed by atoms with van der Waals surface area (Å²) in [6, 6.07) is 22.9. The molecule has 0 bridgehead atoms. The van der Waals surface area contributed by atoms with Crippen molar-refractivity contribution in [2.45, 2.75) is 0 Å². The topological polar surface area (TPSA) is 54.0 Å². The highest BCUT2D eigenvalue weighted by Gasteiger charge is 2.11. The van der Waals surface area contributed by atoms with Gasteiger partial charge in [-0.1, -0.05) is 48.0 Å². The molecule has 1 heterocycles. The number of thiocarbonyl (C=S) groups is 1. The zero-order valence-corrected chi connectivity index (χ0v) is 18.0. The number of carbonyl (C=O) groups excluding carboxylic acids is 1. The van der Waals surface area contributed by atoms with Crippen LogP contribution in [0.3, 0.4) is 0 Å². The van der Waals surface area contributed by atoms with Gasteiger partial charge in [-0.2, -0.15) is 0 Å². The lowest BCUT2D eigenvalue weighted by Gasteiger charge is -2.11. The summed E-state index contributed by atoms with van der Waals surface area (Å²) < 4.78 is 1.12. The fraction of sp³-hybridized carbons (Fsp3) is 0. The van der Waals surface area contributed by atoms with Gasteiger partial charge < -0.3 is 5.32 Å². The number of thiazole rings is 1. The summed E-state index contributed by atoms with van der Waals surface area (Å²) in [6.45, 7) is 0. The molecule has 0 atom stereocenters. The number of hydrogen-bond donors (Lipinski definition) is 2. The summed E-state index contributed by atoms with van der Waals surface area (Å²) in [5, 5.41) is 7.52. The average Bonchev–Trinajstić information content (AvgIpc) is 3.18. The van der Waals surface area contributed by atoms with Crippen LogP contribution in [0.15, 0.2) is 78.9 Å². The second-order valence-electron chi connectivity index (χ2n) is 6.36. The molecule has 30 heavy (non-hydrogen) atoms. The Balaban J connectivity index is 1.46. The lowest BCUT2D eigenvalue weighted by Crippen LogP contribution is -2.32. The molecule has 0 saturated heterocycles. The van der Waals surface area contributed by atoms with Crippen LogP contribution in [0.4, 0.5) is 5.69 Å². The fourth-order valence-electron chi connectivity index (χ4n) is 2.82. The Bertz CT molecular complexity index is 1220. The van der Waals surface area contributed by atoms with Gasteiger partial charge in [0, 0.05) is 16.7 Å². The number of nitrogens with zero attached hydrogens (tertiary/aromatic N) is 1. The number of aromatic nitrogens is 1. The first-order chi connectivity index (χ1) is 14.6. The number of benzene rings is 3. The number of para-hydroxylation sites is 2. The molecule has 4 rings (SSSR count). The highest BCUT2D eigenvalue weighted by atomic mass is 35.5. The van der Waals surface area contributed by atoms with Crippen molar-refractivity contribution in [2.24, 2.45) is 0 Å². The van der Waals surface area contributed by atoms with E-state index in [1.165, 1.54) is 6.08 Å². The van der Waals surface area contributed by atoms with E-state index in [0.717, 1.165) is 32.0 Å². The van der Waals surface area contributed by atoms with Crippen LogP contribution in [-0.2, 0) is 4.79 Å². The lowest BCUT2D eigenvalue weighted by atomic mass is 10.2. The first-order valence-corrected chi connectivity index (χ1v) is 10.7. The summed E-state index contributed by atoms with van der Waals surface area (Å²) in [4.78, 5) is 16.9. The maximum atomic E-state index is 12.2. The highest BCUT2D eigenvalue weighted by molar-refractivity contribution is 7.80. The molecule has 0 radical (unpaired) electrons. The van der Waals surface area contributed by atoms with Crippen LogP contribution < -0.4 is 10.6 Å². The van der Waals surface area contributed by atoms with Gasteiger partial charge in [0.1, 0.15) is 5.01 Å². The van der Waals surface area contributed by atoms with Gasteiger partial charge in [0.15, 0.2) is 5.11 Å². The smallest absolute Gasteiger partial charge is 0.250 e. The zero-order chi connectivity index (χ0) is 20.9. The van der Waals surface area contributed by atoms with Crippen molar-refractivity contribution in [3.8, 4) is 10.6 Å². The van der Waals surface area contributed by atoms with Crippen molar-refractivity contribution < 1.29 is 4.79 Å². The van der Waals surface area contributed by atoms with E-state index in [4.69, 9.17) is 28.8 Å². The van der Waals surface area contributed by atoms with Gasteiger partial charge in [-0.25, -0.2) is 4.98 Å². The first-order valence-electron chi connectivity index (χ1n) is 9.09. The van der Waals surface area contributed by atoms with Crippen molar-refractivity contribution in [3.05, 3.63) is 89.5 Å². The molecule has 0 aliphatic carbocycles. The quantitative estimate of drug-likeness (QED) is 0.290. The number of fused-ring (bicyclic) bond motifs is 1. The van der Waals surface area contributed by atoms with E-state index in [-0.39, 0.29) is 11.0 Å². The Morgan fingerprint density at radius 2 is 1.73 bits per heavy atom. The monoisotopic (exact) mass is 449 g/mol. The van der Waals surface area contributed by atoms with E-state index in [2.05, 4.69) is 10.6 Å². The van der Waals surface area contributed by atoms with Gasteiger partial charge >= 0.3 is 0 Å². The normalized spacial score (nSPS) is 11.0. The van der Waals surface area contributed by atoms with Crippen molar-refractivity contribution in [2.75, 3.05) is 5.32 Å². The highest BCUT2D eigenvalue weighted by Crippen LogP contribution is 2.34. The van der Waals surface area contributed by atoms with Crippen molar-refractivity contribution in [1.82, 2.24) is 10.3 Å². The van der Waals surface area contributed by atoms with E-state index in [1.54, 1.807) is 29.5 Å². The molecular formula is C23H16ClN3OS2. The molecule has 148 valence electrons. The molecule has 0 fully saturated rings. The fourth-order valence-corrected chi connectivity index (χ4v) is 4.16. The molecule has 1 amide bonds. The number of hydrogen-bond acceptors (Lipinski definition) is 4. The van der Waals surface area contributed by atoms with E-state index in [1.807, 2.05) is 60.7 Å². The van der Waals surface area contributed by atoms with Gasteiger partial charge in [-0.05, 0) is 60.3 Å². The molecule has 0 aliphatic heterocycles. The van der Waals surface area contributed by atoms with Gasteiger partial charge in [-0.15, -0.1) is 11.3 Å². The van der Waals surface area contributed by atoms with Crippen LogP contribution in [0, 0.1) is 0 Å². The Labute approximate surface area is 188 Å². The van der Waals surface area contributed by atoms with E-state index in [0.29, 0.717) is 5.02 Å². The Morgan fingerprint density at radius 3 is 2.53 bits per heavy atom. The minimum atomic E-state index is -0.320. The maximum Gasteiger partial charge on any atom is 0.250 e. The molecule has 7 heteroatoms. The van der Waals surface area contributed by atoms with E-state index < -0.39 is 0 Å². The minimum absolute atomic E-state index is 0.217. The van der Waals surface area contributed by atoms with Crippen molar-refractivity contribution in [1.29, 1.82) is 0 Å². The summed E-state index contributed by atoms with van der Waals surface area (Å²) in [7, 11) is 0. The molecule has 2 N–H and O–H groups in total. The van der Waals surface area contributed by atoms with Crippen LogP contribution in [0.25, 0.3) is 26.9 Å². The van der Waals surface area contributed by atoms with Gasteiger partial charge in [0.2, 0.25) is 5.91 Å². The molecule has 1 aromatic heterocycles. The van der Waals surface area contributed by atoms with E-state index in [9.17, 15) is 4.79 Å². The molecule has 3 aromatic carbocycles. The number of amides is 1. The number of halogens is 1.